The molecule has 0 fully saturated rings. The van der Waals surface area contributed by atoms with Gasteiger partial charge in [0, 0.05) is 6.42 Å². The van der Waals surface area contributed by atoms with Gasteiger partial charge in [0.25, 0.3) is 0 Å². The summed E-state index contributed by atoms with van der Waals surface area (Å²) in [4.78, 5) is 0. The SMILES string of the molecule is N#CCCC[O-].[K+]. The Labute approximate surface area is 85.9 Å². The van der Waals surface area contributed by atoms with E-state index in [-0.39, 0.29) is 58.0 Å². The summed E-state index contributed by atoms with van der Waals surface area (Å²) in [5.74, 6) is 0. The van der Waals surface area contributed by atoms with Crippen molar-refractivity contribution in [2.45, 2.75) is 12.8 Å². The van der Waals surface area contributed by atoms with Gasteiger partial charge in [-0.1, -0.05) is 6.42 Å². The minimum atomic E-state index is -0.117. The van der Waals surface area contributed by atoms with Crippen LogP contribution in [0.15, 0.2) is 0 Å². The molecule has 0 radical (unpaired) electrons. The van der Waals surface area contributed by atoms with Crippen molar-refractivity contribution >= 4 is 0 Å². The normalized spacial score (nSPS) is 6.29. The molecule has 0 N–H and O–H groups in total. The fraction of sp³-hybridized carbons (Fsp3) is 0.750. The summed E-state index contributed by atoms with van der Waals surface area (Å²) in [5, 5.41) is 17.3. The number of hydrogen-bond acceptors (Lipinski definition) is 2. The van der Waals surface area contributed by atoms with Crippen LogP contribution in [0.1, 0.15) is 12.8 Å². The van der Waals surface area contributed by atoms with Crippen LogP contribution in [-0.4, -0.2) is 6.61 Å². The van der Waals surface area contributed by atoms with Crippen molar-refractivity contribution in [2.75, 3.05) is 6.61 Å². The minimum Gasteiger partial charge on any atom is -0.854 e. The first kappa shape index (κ1) is 11.0. The van der Waals surface area contributed by atoms with Gasteiger partial charge in [0.1, 0.15) is 0 Å². The molecule has 0 aliphatic rings. The first-order valence-electron chi connectivity index (χ1n) is 1.87. The molecule has 0 amide bonds. The molecule has 0 aromatic carbocycles. The maximum absolute atomic E-state index is 9.54. The third kappa shape index (κ3) is 11.0. The average molecular weight is 123 g/mol. The molecule has 0 unspecified atom stereocenters. The summed E-state index contributed by atoms with van der Waals surface area (Å²) in [6.07, 6.45) is 0.903. The topological polar surface area (TPSA) is 46.8 Å². The van der Waals surface area contributed by atoms with E-state index in [2.05, 4.69) is 0 Å². The minimum absolute atomic E-state index is 0. The van der Waals surface area contributed by atoms with Crippen LogP contribution in [0, 0.1) is 11.3 Å². The maximum atomic E-state index is 9.54. The Hall–Kier alpha value is 1.09. The van der Waals surface area contributed by atoms with Gasteiger partial charge in [0.2, 0.25) is 0 Å². The molecule has 0 aromatic heterocycles. The van der Waals surface area contributed by atoms with E-state index in [1.54, 1.807) is 0 Å². The third-order valence-corrected chi connectivity index (χ3v) is 0.433. The molecule has 0 heterocycles. The molecule has 0 aliphatic carbocycles. The summed E-state index contributed by atoms with van der Waals surface area (Å²) in [6.45, 7) is -0.117. The van der Waals surface area contributed by atoms with Crippen LogP contribution in [0.3, 0.4) is 0 Å². The van der Waals surface area contributed by atoms with Gasteiger partial charge in [-0.2, -0.15) is 5.26 Å². The summed E-state index contributed by atoms with van der Waals surface area (Å²) < 4.78 is 0. The third-order valence-electron chi connectivity index (χ3n) is 0.433. The fourth-order valence-corrected chi connectivity index (χ4v) is 0.151. The molecule has 3 heteroatoms. The van der Waals surface area contributed by atoms with Crippen molar-refractivity contribution in [2.24, 2.45) is 0 Å². The van der Waals surface area contributed by atoms with Crippen molar-refractivity contribution in [1.82, 2.24) is 0 Å². The molecule has 0 saturated heterocycles. The van der Waals surface area contributed by atoms with Crippen LogP contribution in [0.2, 0.25) is 0 Å². The Kier molecular flexibility index (Phi) is 15.9. The van der Waals surface area contributed by atoms with E-state index in [1.807, 2.05) is 6.07 Å². The molecular weight excluding hydrogens is 117 g/mol. The monoisotopic (exact) mass is 123 g/mol. The number of hydrogen-bond donors (Lipinski definition) is 0. The van der Waals surface area contributed by atoms with Crippen LogP contribution >= 0.6 is 0 Å². The van der Waals surface area contributed by atoms with Crippen molar-refractivity contribution in [3.05, 3.63) is 0 Å². The van der Waals surface area contributed by atoms with Crippen LogP contribution in [-0.2, 0) is 0 Å². The van der Waals surface area contributed by atoms with E-state index in [9.17, 15) is 5.11 Å². The summed E-state index contributed by atoms with van der Waals surface area (Å²) in [7, 11) is 0. The van der Waals surface area contributed by atoms with Gasteiger partial charge in [-0.3, -0.25) is 0 Å². The molecular formula is C4H6KNO. The molecule has 34 valence electrons. The van der Waals surface area contributed by atoms with Crippen LogP contribution in [0.4, 0.5) is 0 Å². The summed E-state index contributed by atoms with van der Waals surface area (Å²) in [5.41, 5.74) is 0. The second kappa shape index (κ2) is 10.1. The molecule has 0 aliphatic heterocycles. The number of unbranched alkanes of at least 4 members (excludes halogenated alkanes) is 1. The Morgan fingerprint density at radius 3 is 2.29 bits per heavy atom. The van der Waals surface area contributed by atoms with Crippen LogP contribution < -0.4 is 56.5 Å². The summed E-state index contributed by atoms with van der Waals surface area (Å²) in [6, 6.07) is 1.87. The van der Waals surface area contributed by atoms with Gasteiger partial charge in [-0.15, -0.1) is 6.61 Å². The zero-order valence-corrected chi connectivity index (χ0v) is 7.60. The van der Waals surface area contributed by atoms with Crippen LogP contribution in [0.5, 0.6) is 0 Å². The van der Waals surface area contributed by atoms with E-state index in [0.29, 0.717) is 12.8 Å². The van der Waals surface area contributed by atoms with E-state index >= 15 is 0 Å². The van der Waals surface area contributed by atoms with Gasteiger partial charge in [-0.05, 0) is 0 Å². The molecule has 0 rings (SSSR count). The van der Waals surface area contributed by atoms with Gasteiger partial charge < -0.3 is 5.11 Å². The maximum Gasteiger partial charge on any atom is 1.00 e. The first-order chi connectivity index (χ1) is 2.91. The number of rotatable bonds is 2. The van der Waals surface area contributed by atoms with Crippen molar-refractivity contribution in [3.8, 4) is 6.07 Å². The van der Waals surface area contributed by atoms with E-state index in [1.165, 1.54) is 0 Å². The Balaban J connectivity index is 0. The van der Waals surface area contributed by atoms with Gasteiger partial charge in [0.15, 0.2) is 0 Å². The van der Waals surface area contributed by atoms with Crippen molar-refractivity contribution in [3.63, 3.8) is 0 Å². The number of nitrogens with zero attached hydrogens (tertiary/aromatic N) is 1. The average Bonchev–Trinajstić information content (AvgIpc) is 1.61. The molecule has 0 saturated carbocycles. The largest absolute Gasteiger partial charge is 1.00 e. The van der Waals surface area contributed by atoms with E-state index in [0.717, 1.165) is 0 Å². The van der Waals surface area contributed by atoms with Gasteiger partial charge >= 0.3 is 51.4 Å². The van der Waals surface area contributed by atoms with Gasteiger partial charge in [-0.25, -0.2) is 0 Å². The van der Waals surface area contributed by atoms with Crippen LogP contribution in [0.25, 0.3) is 0 Å². The second-order valence-corrected chi connectivity index (χ2v) is 0.966. The first-order valence-corrected chi connectivity index (χ1v) is 1.87. The zero-order valence-electron chi connectivity index (χ0n) is 4.48. The molecule has 0 aromatic rings. The molecule has 0 bridgehead atoms. The Bertz CT molecular complexity index is 59.2. The standard InChI is InChI=1S/C4H6NO.K/c5-3-1-2-4-6;/h1-2,4H2;/q-1;+1. The van der Waals surface area contributed by atoms with Crippen molar-refractivity contribution < 1.29 is 56.5 Å². The second-order valence-electron chi connectivity index (χ2n) is 0.966. The molecule has 7 heavy (non-hydrogen) atoms. The predicted octanol–water partition coefficient (Wildman–Crippen LogP) is -3.35. The predicted molar refractivity (Wildman–Crippen MR) is 19.7 cm³/mol. The Morgan fingerprint density at radius 2 is 2.14 bits per heavy atom. The molecule has 2 nitrogen and oxygen atoms in total. The Morgan fingerprint density at radius 1 is 1.57 bits per heavy atom. The fourth-order valence-electron chi connectivity index (χ4n) is 0.151. The van der Waals surface area contributed by atoms with Crippen molar-refractivity contribution in [1.29, 1.82) is 5.26 Å². The zero-order chi connectivity index (χ0) is 4.83. The smallest absolute Gasteiger partial charge is 0.854 e. The summed E-state index contributed by atoms with van der Waals surface area (Å²) >= 11 is 0. The van der Waals surface area contributed by atoms with E-state index < -0.39 is 0 Å². The molecule has 0 atom stereocenters. The van der Waals surface area contributed by atoms with Gasteiger partial charge in [0.05, 0.1) is 6.07 Å². The quantitative estimate of drug-likeness (QED) is 0.284. The number of nitriles is 1. The van der Waals surface area contributed by atoms with E-state index in [4.69, 9.17) is 5.26 Å². The molecule has 0 spiro atoms.